The normalized spacial score (nSPS) is 11.6. The first-order valence-electron chi connectivity index (χ1n) is 28.4. The van der Waals surface area contributed by atoms with Crippen LogP contribution >= 0.6 is 15.9 Å². The minimum Gasteiger partial charge on any atom is -0.534 e. The molecule has 451 valence electrons. The highest BCUT2D eigenvalue weighted by molar-refractivity contribution is 9.10. The highest BCUT2D eigenvalue weighted by atomic mass is 79.9. The number of pyridine rings is 2. The van der Waals surface area contributed by atoms with Gasteiger partial charge in [0.1, 0.15) is 28.6 Å². The molecule has 4 aromatic carbocycles. The molecule has 88 heavy (non-hydrogen) atoms. The molecule has 5 N–H and O–H groups in total. The van der Waals surface area contributed by atoms with Gasteiger partial charge >= 0.3 is 7.69 Å². The Hall–Kier alpha value is -9.58. The number of hydrogen-bond donors (Lipinski definition) is 5. The molecule has 0 spiro atoms. The lowest BCUT2D eigenvalue weighted by Gasteiger charge is -2.19. The van der Waals surface area contributed by atoms with E-state index in [1.165, 1.54) is 12.1 Å². The third-order valence-corrected chi connectivity index (χ3v) is 14.5. The third-order valence-electron chi connectivity index (χ3n) is 13.9. The van der Waals surface area contributed by atoms with Crippen LogP contribution in [0.15, 0.2) is 148 Å². The van der Waals surface area contributed by atoms with E-state index in [1.54, 1.807) is 38.1 Å². The van der Waals surface area contributed by atoms with Crippen LogP contribution in [0, 0.1) is 40.8 Å². The molecule has 0 saturated heterocycles. The summed E-state index contributed by atoms with van der Waals surface area (Å²) < 4.78 is 31.0. The Morgan fingerprint density at radius 2 is 1.11 bits per heavy atom. The van der Waals surface area contributed by atoms with E-state index in [0.717, 1.165) is 72.0 Å². The number of aliphatic hydroxyl groups is 2. The van der Waals surface area contributed by atoms with Gasteiger partial charge in [0.05, 0.1) is 52.5 Å². The molecule has 22 heteroatoms. The molecule has 0 aliphatic rings. The Morgan fingerprint density at radius 3 is 1.53 bits per heavy atom. The van der Waals surface area contributed by atoms with Gasteiger partial charge in [-0.25, -0.2) is 19.7 Å². The largest absolute Gasteiger partial charge is 0.569 e. The molecule has 6 heterocycles. The van der Waals surface area contributed by atoms with Crippen molar-refractivity contribution in [2.24, 2.45) is 0 Å². The fourth-order valence-electron chi connectivity index (χ4n) is 9.72. The summed E-state index contributed by atoms with van der Waals surface area (Å²) in [6, 6.07) is 33.2. The number of aliphatic hydroxyl groups excluding tert-OH is 2. The van der Waals surface area contributed by atoms with Crippen LogP contribution in [0.5, 0.6) is 17.2 Å². The van der Waals surface area contributed by atoms with E-state index in [0.29, 0.717) is 78.9 Å². The van der Waals surface area contributed by atoms with Crippen molar-refractivity contribution in [3.05, 3.63) is 206 Å². The molecule has 0 aliphatic carbocycles. The average Bonchev–Trinajstić information content (AvgIpc) is 4.21. The molecule has 2 atom stereocenters. The minimum atomic E-state index is -0.301. The first kappa shape index (κ1) is 64.4. The van der Waals surface area contributed by atoms with Crippen molar-refractivity contribution in [2.45, 2.75) is 105 Å². The molecular formula is C66H67BBrN10O10. The molecule has 6 aromatic heterocycles. The van der Waals surface area contributed by atoms with Crippen LogP contribution in [0.1, 0.15) is 95.3 Å². The minimum absolute atomic E-state index is 0.0480. The van der Waals surface area contributed by atoms with Gasteiger partial charge < -0.3 is 57.8 Å². The monoisotopic (exact) mass is 1250 g/mol. The molecule has 0 fully saturated rings. The van der Waals surface area contributed by atoms with Crippen LogP contribution in [0.4, 0.5) is 11.4 Å². The molecule has 0 aliphatic heterocycles. The summed E-state index contributed by atoms with van der Waals surface area (Å²) in [7, 11) is 0.604. The Balaban J connectivity index is 0.000000198. The zero-order chi connectivity index (χ0) is 63.0. The number of fused-ring (bicyclic) bond motifs is 2. The first-order valence-corrected chi connectivity index (χ1v) is 29.2. The topological polar surface area (TPSA) is 242 Å². The number of amides is 2. The zero-order valence-electron chi connectivity index (χ0n) is 50.0. The quantitative estimate of drug-likeness (QED) is 0.0332. The fraction of sp³-hybridized carbons (Fsp3) is 0.273. The van der Waals surface area contributed by atoms with Crippen molar-refractivity contribution < 1.29 is 48.0 Å². The van der Waals surface area contributed by atoms with E-state index in [4.69, 9.17) is 46.7 Å². The summed E-state index contributed by atoms with van der Waals surface area (Å²) in [4.78, 5) is 42.6. The van der Waals surface area contributed by atoms with Gasteiger partial charge in [-0.15, -0.1) is 0 Å². The summed E-state index contributed by atoms with van der Waals surface area (Å²) in [6.45, 7) is 29.6. The lowest BCUT2D eigenvalue weighted by Crippen LogP contribution is -2.37. The summed E-state index contributed by atoms with van der Waals surface area (Å²) in [5.41, 5.74) is 12.1. The van der Waals surface area contributed by atoms with Crippen LogP contribution in [0.3, 0.4) is 0 Å². The van der Waals surface area contributed by atoms with Gasteiger partial charge in [-0.1, -0.05) is 58.8 Å². The van der Waals surface area contributed by atoms with E-state index in [9.17, 15) is 19.8 Å². The number of benzene rings is 4. The second-order valence-corrected chi connectivity index (χ2v) is 22.0. The van der Waals surface area contributed by atoms with E-state index >= 15 is 0 Å². The molecular weight excluding hydrogens is 1180 g/mol. The molecule has 2 amide bonds. The maximum absolute atomic E-state index is 13.0. The first-order chi connectivity index (χ1) is 42.4. The van der Waals surface area contributed by atoms with E-state index in [-0.39, 0.29) is 55.0 Å². The maximum atomic E-state index is 13.0. The third kappa shape index (κ3) is 16.3. The number of ether oxygens (including phenoxy) is 2. The Labute approximate surface area is 519 Å². The van der Waals surface area contributed by atoms with Gasteiger partial charge in [-0.3, -0.25) is 9.59 Å². The standard InChI is InChI=1S/C33H33N5O4.C28H27BrN4O3.C5H7BNO3/c1-20(2)41-30-13-12-25(18-28(30)34-5)33(40)35-26(14-16-39)17-23-8-10-24(11-9-23)29-19-38-15-6-7-27(32(38)36-29)31-21(3)37-42-22(31)4;1-18(2)36-26-11-10-21(16-24(26)30-3)28(35)31-22(12-14-34)15-19-6-8-20(9-7-19)25-17-33-13-4-5-23(29)27(33)32-25;1-3-5(9-6-8)4(2)10-7-3/h6-13,15,18-20,26,39H,14,16-17H2,1-4H3,(H,35,40);4-11,13,16-18,22,34H,12,14-15H2,1-2H3,(H,31,35);8H,1-2H3/t26-;22-;/m11./s1. The van der Waals surface area contributed by atoms with Gasteiger partial charge in [0.15, 0.2) is 17.2 Å². The van der Waals surface area contributed by atoms with Gasteiger partial charge in [0.25, 0.3) is 0 Å². The number of aromatic nitrogens is 6. The van der Waals surface area contributed by atoms with E-state index < -0.39 is 0 Å². The van der Waals surface area contributed by atoms with Crippen LogP contribution < -0.4 is 24.8 Å². The van der Waals surface area contributed by atoms with Gasteiger partial charge in [-0.2, -0.15) is 0 Å². The second kappa shape index (κ2) is 30.2. The summed E-state index contributed by atoms with van der Waals surface area (Å²) in [6.07, 6.45) is 9.67. The van der Waals surface area contributed by atoms with Crippen molar-refractivity contribution in [3.8, 4) is 50.9 Å². The van der Waals surface area contributed by atoms with Crippen molar-refractivity contribution in [2.75, 3.05) is 13.2 Å². The number of nitrogens with one attached hydrogen (secondary N) is 2. The summed E-state index contributed by atoms with van der Waals surface area (Å²) >= 11 is 3.53. The average molecular weight is 1250 g/mol. The molecule has 20 nitrogen and oxygen atoms in total. The molecule has 0 saturated carbocycles. The van der Waals surface area contributed by atoms with Crippen molar-refractivity contribution in [3.63, 3.8) is 0 Å². The lowest BCUT2D eigenvalue weighted by atomic mass is 10.0. The van der Waals surface area contributed by atoms with Crippen molar-refractivity contribution in [1.82, 2.24) is 39.7 Å². The number of aryl methyl sites for hydroxylation is 4. The number of imidazole rings is 2. The predicted molar refractivity (Wildman–Crippen MR) is 339 cm³/mol. The fourth-order valence-corrected chi connectivity index (χ4v) is 10.2. The van der Waals surface area contributed by atoms with E-state index in [2.05, 4.69) is 51.2 Å². The zero-order valence-corrected chi connectivity index (χ0v) is 51.6. The number of hydrogen-bond acceptors (Lipinski definition) is 14. The van der Waals surface area contributed by atoms with Crippen LogP contribution in [-0.4, -0.2) is 101 Å². The highest BCUT2D eigenvalue weighted by Gasteiger charge is 2.21. The number of nitrogens with zero attached hydrogens (tertiary/aromatic N) is 8. The number of carbonyl (C=O) groups is 2. The molecule has 0 unspecified atom stereocenters. The van der Waals surface area contributed by atoms with Gasteiger partial charge in [0.2, 0.25) is 23.2 Å². The molecule has 10 rings (SSSR count). The van der Waals surface area contributed by atoms with E-state index in [1.807, 2.05) is 148 Å². The number of rotatable bonds is 21. The van der Waals surface area contributed by atoms with Crippen LogP contribution in [0.2, 0.25) is 0 Å². The number of halogens is 1. The molecule has 0 bridgehead atoms. The maximum Gasteiger partial charge on any atom is 0.569 e. The number of carbonyl (C=O) groups excluding carboxylic acids is 2. The second-order valence-electron chi connectivity index (χ2n) is 21.2. The SMILES string of the molecule is Cc1noc(C)c1O[B]O.[C-]#[N+]c1cc(C(=O)N[C@H](CCO)Cc2ccc(-c3cn4cccc(-c5c(C)noc5C)c4n3)cc2)ccc1OC(C)C.[C-]#[N+]c1cc(C(=O)N[C@H](CCO)Cc2ccc(-c3cn4cccc(Br)c4n3)cc2)ccc1OC(C)C. The summed E-state index contributed by atoms with van der Waals surface area (Å²) in [5.74, 6) is 2.11. The predicted octanol–water partition coefficient (Wildman–Crippen LogP) is 12.4. The Morgan fingerprint density at radius 1 is 0.648 bits per heavy atom. The highest BCUT2D eigenvalue weighted by Crippen LogP contribution is 2.34. The molecule has 10 aromatic rings. The lowest BCUT2D eigenvalue weighted by molar-refractivity contribution is 0.0921. The molecule has 1 radical (unpaired) electrons. The Kier molecular flexibility index (Phi) is 22.1. The van der Waals surface area contributed by atoms with Crippen molar-refractivity contribution >= 4 is 58.1 Å². The van der Waals surface area contributed by atoms with Gasteiger partial charge in [0, 0.05) is 84.8 Å². The Bertz CT molecular complexity index is 4070. The van der Waals surface area contributed by atoms with Crippen molar-refractivity contribution in [1.29, 1.82) is 0 Å². The smallest absolute Gasteiger partial charge is 0.534 e. The summed E-state index contributed by atoms with van der Waals surface area (Å²) in [5, 5.41) is 41.2. The van der Waals surface area contributed by atoms with Gasteiger partial charge in [-0.05, 0) is 162 Å². The van der Waals surface area contributed by atoms with Crippen LogP contribution in [0.25, 0.3) is 54.6 Å². The van der Waals surface area contributed by atoms with Crippen LogP contribution in [-0.2, 0) is 12.8 Å².